The van der Waals surface area contributed by atoms with Gasteiger partial charge in [0.15, 0.2) is 4.80 Å². The molecule has 2 saturated heterocycles. The molecule has 0 radical (unpaired) electrons. The normalized spacial score (nSPS) is 18.6. The van der Waals surface area contributed by atoms with Crippen molar-refractivity contribution in [3.05, 3.63) is 58.7 Å². The number of hydrogen-bond acceptors (Lipinski definition) is 7. The lowest BCUT2D eigenvalue weighted by atomic mass is 10.0. The van der Waals surface area contributed by atoms with E-state index in [-0.39, 0.29) is 0 Å². The van der Waals surface area contributed by atoms with Gasteiger partial charge in [-0.1, -0.05) is 19.1 Å². The molecule has 0 atom stereocenters. The molecule has 2 aromatic carbocycles. The van der Waals surface area contributed by atoms with Crippen molar-refractivity contribution < 1.29 is 17.9 Å². The van der Waals surface area contributed by atoms with Crippen LogP contribution in [0.25, 0.3) is 11.3 Å². The highest BCUT2D eigenvalue weighted by atomic mass is 32.2. The van der Waals surface area contributed by atoms with Crippen LogP contribution in [0, 0.1) is 5.92 Å². The van der Waals surface area contributed by atoms with Crippen molar-refractivity contribution >= 4 is 27.0 Å². The zero-order chi connectivity index (χ0) is 26.5. The van der Waals surface area contributed by atoms with Crippen molar-refractivity contribution in [2.45, 2.75) is 31.2 Å². The van der Waals surface area contributed by atoms with Crippen LogP contribution in [-0.4, -0.2) is 75.2 Å². The Morgan fingerprint density at radius 2 is 1.66 bits per heavy atom. The molecule has 0 N–H and O–H groups in total. The molecular weight excluding hydrogens is 520 g/mol. The molecule has 0 bridgehead atoms. The minimum Gasteiger partial charge on any atom is -0.497 e. The Morgan fingerprint density at radius 3 is 2.32 bits per heavy atom. The first kappa shape index (κ1) is 27.1. The standard InChI is InChI=1S/C28H36N4O4S2/c1-22-11-13-31(14-12-22)38(33,34)26-9-3-23(4-10-26)27-21-37-28(29-24-5-7-25(35-2)8-6-24)32(27)16-15-30-17-19-36-20-18-30/h3-10,21-22H,11-20H2,1-2H3. The maximum Gasteiger partial charge on any atom is 0.243 e. The van der Waals surface area contributed by atoms with Gasteiger partial charge in [0.2, 0.25) is 10.0 Å². The molecule has 204 valence electrons. The van der Waals surface area contributed by atoms with E-state index in [0.717, 1.165) is 79.7 Å². The molecule has 2 aliphatic heterocycles. The number of ether oxygens (including phenoxy) is 2. The number of thiazole rings is 1. The van der Waals surface area contributed by atoms with E-state index < -0.39 is 10.0 Å². The third-order valence-corrected chi connectivity index (χ3v) is 10.1. The van der Waals surface area contributed by atoms with Crippen LogP contribution in [0.5, 0.6) is 5.75 Å². The van der Waals surface area contributed by atoms with Crippen LogP contribution in [0.15, 0.2) is 63.8 Å². The van der Waals surface area contributed by atoms with Gasteiger partial charge in [0, 0.05) is 44.6 Å². The van der Waals surface area contributed by atoms with Crippen LogP contribution in [0.1, 0.15) is 19.8 Å². The summed E-state index contributed by atoms with van der Waals surface area (Å²) in [5, 5.41) is 2.11. The van der Waals surface area contributed by atoms with Gasteiger partial charge < -0.3 is 14.0 Å². The second-order valence-electron chi connectivity index (χ2n) is 9.93. The van der Waals surface area contributed by atoms with E-state index in [4.69, 9.17) is 14.5 Å². The van der Waals surface area contributed by atoms with Gasteiger partial charge in [0.25, 0.3) is 0 Å². The van der Waals surface area contributed by atoms with E-state index in [1.165, 1.54) is 0 Å². The molecule has 0 unspecified atom stereocenters. The summed E-state index contributed by atoms with van der Waals surface area (Å²) in [4.78, 5) is 8.59. The van der Waals surface area contributed by atoms with E-state index in [1.54, 1.807) is 34.9 Å². The second-order valence-corrected chi connectivity index (χ2v) is 12.7. The van der Waals surface area contributed by atoms with Crippen LogP contribution < -0.4 is 9.54 Å². The predicted molar refractivity (Wildman–Crippen MR) is 150 cm³/mol. The van der Waals surface area contributed by atoms with Crippen molar-refractivity contribution in [3.63, 3.8) is 0 Å². The van der Waals surface area contributed by atoms with Gasteiger partial charge in [-0.05, 0) is 60.7 Å². The number of hydrogen-bond donors (Lipinski definition) is 0. The van der Waals surface area contributed by atoms with Crippen molar-refractivity contribution in [1.29, 1.82) is 0 Å². The number of morpholine rings is 1. The Morgan fingerprint density at radius 1 is 0.974 bits per heavy atom. The zero-order valence-electron chi connectivity index (χ0n) is 22.1. The van der Waals surface area contributed by atoms with Crippen LogP contribution in [0.4, 0.5) is 5.69 Å². The summed E-state index contributed by atoms with van der Waals surface area (Å²) >= 11 is 1.59. The summed E-state index contributed by atoms with van der Waals surface area (Å²) in [5.74, 6) is 1.37. The quantitative estimate of drug-likeness (QED) is 0.416. The van der Waals surface area contributed by atoms with Gasteiger partial charge in [0.05, 0.1) is 36.6 Å². The summed E-state index contributed by atoms with van der Waals surface area (Å²) in [5.41, 5.74) is 2.87. The molecular formula is C28H36N4O4S2. The predicted octanol–water partition coefficient (Wildman–Crippen LogP) is 4.21. The summed E-state index contributed by atoms with van der Waals surface area (Å²) in [6.07, 6.45) is 1.83. The molecule has 0 amide bonds. The molecule has 5 rings (SSSR count). The van der Waals surface area contributed by atoms with Gasteiger partial charge in [-0.25, -0.2) is 13.4 Å². The van der Waals surface area contributed by atoms with Crippen LogP contribution in [0.2, 0.25) is 0 Å². The van der Waals surface area contributed by atoms with Crippen LogP contribution >= 0.6 is 11.3 Å². The lowest BCUT2D eigenvalue weighted by Gasteiger charge is -2.29. The SMILES string of the molecule is COc1ccc(N=c2scc(-c3ccc(S(=O)(=O)N4CCC(C)CC4)cc3)n2CCN2CCOCC2)cc1. The number of methoxy groups -OCH3 is 1. The largest absolute Gasteiger partial charge is 0.497 e. The molecule has 3 heterocycles. The molecule has 3 aromatic rings. The van der Waals surface area contributed by atoms with Gasteiger partial charge in [-0.2, -0.15) is 4.31 Å². The number of nitrogens with zero attached hydrogens (tertiary/aromatic N) is 4. The molecule has 2 aliphatic rings. The smallest absolute Gasteiger partial charge is 0.243 e. The molecule has 1 aromatic heterocycles. The highest BCUT2D eigenvalue weighted by Gasteiger charge is 2.28. The van der Waals surface area contributed by atoms with Gasteiger partial charge in [-0.15, -0.1) is 11.3 Å². The Balaban J connectivity index is 1.43. The highest BCUT2D eigenvalue weighted by molar-refractivity contribution is 7.89. The van der Waals surface area contributed by atoms with Gasteiger partial charge in [0.1, 0.15) is 5.75 Å². The molecule has 38 heavy (non-hydrogen) atoms. The molecule has 0 aliphatic carbocycles. The minimum atomic E-state index is -3.48. The second kappa shape index (κ2) is 12.1. The molecule has 0 spiro atoms. The van der Waals surface area contributed by atoms with E-state index in [0.29, 0.717) is 23.9 Å². The first-order valence-corrected chi connectivity index (χ1v) is 15.5. The summed E-state index contributed by atoms with van der Waals surface area (Å²) < 4.78 is 41.1. The fourth-order valence-electron chi connectivity index (χ4n) is 4.87. The lowest BCUT2D eigenvalue weighted by Crippen LogP contribution is -2.39. The van der Waals surface area contributed by atoms with Crippen LogP contribution in [0.3, 0.4) is 0 Å². The minimum absolute atomic E-state index is 0.356. The summed E-state index contributed by atoms with van der Waals surface area (Å²) in [6, 6.07) is 15.0. The first-order chi connectivity index (χ1) is 18.4. The molecule has 10 heteroatoms. The summed E-state index contributed by atoms with van der Waals surface area (Å²) in [6.45, 7) is 8.40. The fraction of sp³-hybridized carbons (Fsp3) is 0.464. The van der Waals surface area contributed by atoms with Crippen molar-refractivity contribution in [1.82, 2.24) is 13.8 Å². The van der Waals surface area contributed by atoms with Crippen molar-refractivity contribution in [2.75, 3.05) is 53.0 Å². The van der Waals surface area contributed by atoms with E-state index in [9.17, 15) is 8.42 Å². The fourth-order valence-corrected chi connectivity index (χ4v) is 7.30. The average Bonchev–Trinajstić information content (AvgIpc) is 3.35. The Hall–Kier alpha value is -2.50. The van der Waals surface area contributed by atoms with Crippen molar-refractivity contribution in [3.8, 4) is 17.0 Å². The Kier molecular flexibility index (Phi) is 8.64. The molecule has 0 saturated carbocycles. The topological polar surface area (TPSA) is 76.4 Å². The van der Waals surface area contributed by atoms with E-state index in [2.05, 4.69) is 21.8 Å². The third-order valence-electron chi connectivity index (χ3n) is 7.37. The number of rotatable bonds is 8. The van der Waals surface area contributed by atoms with Crippen LogP contribution in [-0.2, 0) is 21.3 Å². The molecule has 8 nitrogen and oxygen atoms in total. The first-order valence-electron chi connectivity index (χ1n) is 13.2. The third kappa shape index (κ3) is 6.21. The van der Waals surface area contributed by atoms with Gasteiger partial charge >= 0.3 is 0 Å². The number of piperidine rings is 1. The lowest BCUT2D eigenvalue weighted by molar-refractivity contribution is 0.0363. The zero-order valence-corrected chi connectivity index (χ0v) is 23.7. The van der Waals surface area contributed by atoms with E-state index >= 15 is 0 Å². The molecule has 2 fully saturated rings. The number of benzene rings is 2. The number of sulfonamides is 1. The Bertz CT molecular complexity index is 1370. The highest BCUT2D eigenvalue weighted by Crippen LogP contribution is 2.27. The Labute approximate surface area is 229 Å². The average molecular weight is 557 g/mol. The van der Waals surface area contributed by atoms with E-state index in [1.807, 2.05) is 36.4 Å². The number of aromatic nitrogens is 1. The van der Waals surface area contributed by atoms with Gasteiger partial charge in [-0.3, -0.25) is 4.90 Å². The maximum atomic E-state index is 13.2. The monoisotopic (exact) mass is 556 g/mol. The summed E-state index contributed by atoms with van der Waals surface area (Å²) in [7, 11) is -1.83. The maximum absolute atomic E-state index is 13.2. The van der Waals surface area contributed by atoms with Crippen molar-refractivity contribution in [2.24, 2.45) is 10.9 Å².